The molecule has 0 amide bonds. The maximum Gasteiger partial charge on any atom is 0.356 e. The first-order valence-electron chi connectivity index (χ1n) is 4.86. The van der Waals surface area contributed by atoms with Gasteiger partial charge in [-0.25, -0.2) is 9.78 Å². The molecular weight excluding hydrogens is 204 g/mol. The van der Waals surface area contributed by atoms with Gasteiger partial charge in [0.1, 0.15) is 0 Å². The van der Waals surface area contributed by atoms with Gasteiger partial charge in [0.2, 0.25) is 0 Å². The van der Waals surface area contributed by atoms with E-state index in [-0.39, 0.29) is 5.69 Å². The Bertz CT molecular complexity index is 700. The number of carboxylic acid groups (broad SMARTS) is 1. The molecule has 0 saturated carbocycles. The lowest BCUT2D eigenvalue weighted by Gasteiger charge is -1.94. The predicted molar refractivity (Wildman–Crippen MR) is 60.6 cm³/mol. The smallest absolute Gasteiger partial charge is 0.356 e. The van der Waals surface area contributed by atoms with Crippen LogP contribution in [-0.4, -0.2) is 21.0 Å². The van der Waals surface area contributed by atoms with Crippen LogP contribution in [0.1, 0.15) is 10.5 Å². The summed E-state index contributed by atoms with van der Waals surface area (Å²) in [5.74, 6) is -1.02. The molecule has 0 aliphatic rings. The Morgan fingerprint density at radius 1 is 1.19 bits per heavy atom. The van der Waals surface area contributed by atoms with Crippen molar-refractivity contribution in [1.29, 1.82) is 0 Å². The zero-order valence-corrected chi connectivity index (χ0v) is 8.27. The molecule has 3 rings (SSSR count). The van der Waals surface area contributed by atoms with E-state index in [9.17, 15) is 4.79 Å². The van der Waals surface area contributed by atoms with E-state index in [0.29, 0.717) is 5.52 Å². The molecule has 4 nitrogen and oxygen atoms in total. The third-order valence-electron chi connectivity index (χ3n) is 2.63. The Balaban J connectivity index is 2.54. The van der Waals surface area contributed by atoms with Gasteiger partial charge in [0.05, 0.1) is 5.52 Å². The zero-order chi connectivity index (χ0) is 11.1. The Morgan fingerprint density at radius 3 is 2.81 bits per heavy atom. The molecule has 2 heterocycles. The highest BCUT2D eigenvalue weighted by atomic mass is 16.4. The van der Waals surface area contributed by atoms with E-state index in [1.807, 2.05) is 30.3 Å². The number of nitrogens with one attached hydrogen (secondary N) is 1. The molecule has 1 aromatic carbocycles. The molecule has 0 unspecified atom stereocenters. The van der Waals surface area contributed by atoms with E-state index in [2.05, 4.69) is 9.97 Å². The summed E-state index contributed by atoms with van der Waals surface area (Å²) < 4.78 is 0. The lowest BCUT2D eigenvalue weighted by atomic mass is 10.1. The van der Waals surface area contributed by atoms with Gasteiger partial charge in [-0.1, -0.05) is 18.2 Å². The van der Waals surface area contributed by atoms with E-state index in [1.54, 1.807) is 0 Å². The summed E-state index contributed by atoms with van der Waals surface area (Å²) in [6.45, 7) is 0. The fourth-order valence-corrected chi connectivity index (χ4v) is 1.94. The molecule has 0 aliphatic carbocycles. The van der Waals surface area contributed by atoms with Crippen LogP contribution in [-0.2, 0) is 0 Å². The second-order valence-electron chi connectivity index (χ2n) is 3.56. The lowest BCUT2D eigenvalue weighted by molar-refractivity contribution is 0.0692. The van der Waals surface area contributed by atoms with E-state index in [1.165, 1.54) is 6.20 Å². The molecule has 0 saturated heterocycles. The van der Waals surface area contributed by atoms with Crippen molar-refractivity contribution < 1.29 is 9.90 Å². The molecule has 2 aromatic heterocycles. The normalized spacial score (nSPS) is 11.0. The van der Waals surface area contributed by atoms with Crippen LogP contribution >= 0.6 is 0 Å². The van der Waals surface area contributed by atoms with Crippen LogP contribution in [0.25, 0.3) is 21.8 Å². The SMILES string of the molecule is O=C(O)c1nccc2c1[nH]c1ccccc12. The summed E-state index contributed by atoms with van der Waals surface area (Å²) >= 11 is 0. The number of hydrogen-bond acceptors (Lipinski definition) is 2. The molecule has 3 aromatic rings. The van der Waals surface area contributed by atoms with Crippen molar-refractivity contribution in [2.75, 3.05) is 0 Å². The highest BCUT2D eigenvalue weighted by molar-refractivity contribution is 6.12. The van der Waals surface area contributed by atoms with Crippen molar-refractivity contribution in [3.05, 3.63) is 42.2 Å². The van der Waals surface area contributed by atoms with Gasteiger partial charge in [0, 0.05) is 22.5 Å². The van der Waals surface area contributed by atoms with Crippen molar-refractivity contribution >= 4 is 27.8 Å². The predicted octanol–water partition coefficient (Wildman–Crippen LogP) is 2.41. The maximum atomic E-state index is 11.0. The number of benzene rings is 1. The third-order valence-corrected chi connectivity index (χ3v) is 2.63. The van der Waals surface area contributed by atoms with E-state index in [4.69, 9.17) is 5.11 Å². The Morgan fingerprint density at radius 2 is 2.00 bits per heavy atom. The minimum absolute atomic E-state index is 0.0636. The molecule has 0 atom stereocenters. The molecule has 0 fully saturated rings. The van der Waals surface area contributed by atoms with E-state index in [0.717, 1.165) is 16.3 Å². The molecule has 16 heavy (non-hydrogen) atoms. The Hall–Kier alpha value is -2.36. The van der Waals surface area contributed by atoms with Gasteiger partial charge in [-0.15, -0.1) is 0 Å². The summed E-state index contributed by atoms with van der Waals surface area (Å²) in [6, 6.07) is 9.53. The van der Waals surface area contributed by atoms with E-state index < -0.39 is 5.97 Å². The number of aromatic amines is 1. The summed E-state index contributed by atoms with van der Waals surface area (Å²) in [5, 5.41) is 10.9. The Labute approximate surface area is 90.5 Å². The summed E-state index contributed by atoms with van der Waals surface area (Å²) in [5.41, 5.74) is 1.57. The highest BCUT2D eigenvalue weighted by Gasteiger charge is 2.13. The van der Waals surface area contributed by atoms with Gasteiger partial charge < -0.3 is 10.1 Å². The fourth-order valence-electron chi connectivity index (χ4n) is 1.94. The maximum absolute atomic E-state index is 11.0. The quantitative estimate of drug-likeness (QED) is 0.651. The topological polar surface area (TPSA) is 66.0 Å². The van der Waals surface area contributed by atoms with Crippen molar-refractivity contribution in [1.82, 2.24) is 9.97 Å². The molecule has 2 N–H and O–H groups in total. The number of aromatic nitrogens is 2. The van der Waals surface area contributed by atoms with Crippen molar-refractivity contribution in [2.45, 2.75) is 0 Å². The largest absolute Gasteiger partial charge is 0.476 e. The van der Waals surface area contributed by atoms with Crippen LogP contribution in [0.5, 0.6) is 0 Å². The first kappa shape index (κ1) is 8.91. The van der Waals surface area contributed by atoms with Crippen molar-refractivity contribution in [3.8, 4) is 0 Å². The van der Waals surface area contributed by atoms with Gasteiger partial charge in [-0.3, -0.25) is 0 Å². The van der Waals surface area contributed by atoms with Crippen LogP contribution in [0.15, 0.2) is 36.5 Å². The third kappa shape index (κ3) is 1.10. The zero-order valence-electron chi connectivity index (χ0n) is 8.27. The van der Waals surface area contributed by atoms with Crippen LogP contribution in [0.3, 0.4) is 0 Å². The number of pyridine rings is 1. The molecule has 0 spiro atoms. The second-order valence-corrected chi connectivity index (χ2v) is 3.56. The number of aromatic carboxylic acids is 1. The standard InChI is InChI=1S/C12H8N2O2/c15-12(16)11-10-8(5-6-13-11)7-3-1-2-4-9(7)14-10/h1-6,14H,(H,15,16). The number of fused-ring (bicyclic) bond motifs is 3. The second kappa shape index (κ2) is 3.06. The van der Waals surface area contributed by atoms with Crippen molar-refractivity contribution in [3.63, 3.8) is 0 Å². The Kier molecular flexibility index (Phi) is 1.71. The number of carboxylic acids is 1. The number of hydrogen-bond donors (Lipinski definition) is 2. The monoisotopic (exact) mass is 212 g/mol. The number of carbonyl (C=O) groups is 1. The lowest BCUT2D eigenvalue weighted by Crippen LogP contribution is -2.00. The number of nitrogens with zero attached hydrogens (tertiary/aromatic N) is 1. The molecule has 0 radical (unpaired) electrons. The number of rotatable bonds is 1. The summed E-state index contributed by atoms with van der Waals surface area (Å²) in [7, 11) is 0. The molecular formula is C12H8N2O2. The molecule has 78 valence electrons. The number of para-hydroxylation sites is 1. The first-order chi connectivity index (χ1) is 7.77. The minimum Gasteiger partial charge on any atom is -0.476 e. The molecule has 0 aliphatic heterocycles. The van der Waals surface area contributed by atoms with Crippen molar-refractivity contribution in [2.24, 2.45) is 0 Å². The fraction of sp³-hybridized carbons (Fsp3) is 0. The highest BCUT2D eigenvalue weighted by Crippen LogP contribution is 2.26. The van der Waals surface area contributed by atoms with Gasteiger partial charge in [0.25, 0.3) is 0 Å². The van der Waals surface area contributed by atoms with Gasteiger partial charge in [-0.2, -0.15) is 0 Å². The van der Waals surface area contributed by atoms with Crippen LogP contribution in [0.2, 0.25) is 0 Å². The van der Waals surface area contributed by atoms with Gasteiger partial charge in [0.15, 0.2) is 5.69 Å². The average Bonchev–Trinajstić information content (AvgIpc) is 2.67. The molecule has 0 bridgehead atoms. The summed E-state index contributed by atoms with van der Waals surface area (Å²) in [4.78, 5) is 18.0. The minimum atomic E-state index is -1.02. The number of H-pyrrole nitrogens is 1. The van der Waals surface area contributed by atoms with Crippen LogP contribution < -0.4 is 0 Å². The summed E-state index contributed by atoms with van der Waals surface area (Å²) in [6.07, 6.45) is 1.52. The van der Waals surface area contributed by atoms with Gasteiger partial charge in [-0.05, 0) is 12.1 Å². The van der Waals surface area contributed by atoms with Crippen LogP contribution in [0, 0.1) is 0 Å². The first-order valence-corrected chi connectivity index (χ1v) is 4.86. The average molecular weight is 212 g/mol. The van der Waals surface area contributed by atoms with Gasteiger partial charge >= 0.3 is 5.97 Å². The van der Waals surface area contributed by atoms with E-state index >= 15 is 0 Å². The van der Waals surface area contributed by atoms with Crippen LogP contribution in [0.4, 0.5) is 0 Å². The molecule has 4 heteroatoms.